The lowest BCUT2D eigenvalue weighted by molar-refractivity contribution is -0.141. The van der Waals surface area contributed by atoms with Gasteiger partial charge in [0.15, 0.2) is 0 Å². The number of phenols is 1. The molecule has 2 aromatic carbocycles. The molecule has 10 heteroatoms. The minimum atomic E-state index is -4.68. The predicted molar refractivity (Wildman–Crippen MR) is 94.3 cm³/mol. The van der Waals surface area contributed by atoms with Gasteiger partial charge in [-0.1, -0.05) is 12.1 Å². The molecular formula is C18H13ClF4N2O3. The molecule has 1 aliphatic heterocycles. The highest BCUT2D eigenvalue weighted by Crippen LogP contribution is 2.45. The van der Waals surface area contributed by atoms with Crippen LogP contribution in [0.2, 0.25) is 0 Å². The molecule has 1 aliphatic rings. The zero-order valence-corrected chi connectivity index (χ0v) is 15.1. The molecule has 148 valence electrons. The Bertz CT molecular complexity index is 962. The molecule has 0 spiro atoms. The standard InChI is InChI=1S/C18H13ClF4N2O3/c1-28-15(27)8-12-10-3-2-4-11(20)16(10)24-17(19)25(12)13-7-9(18(21,22)23)5-6-14(13)26/h2-7,12,26H,8H2,1H3. The number of phenolic OH excluding ortho intramolecular Hbond substituents is 1. The number of nitrogens with zero attached hydrogens (tertiary/aromatic N) is 2. The van der Waals surface area contributed by atoms with Gasteiger partial charge in [0.2, 0.25) is 5.29 Å². The molecule has 1 N–H and O–H groups in total. The van der Waals surface area contributed by atoms with Gasteiger partial charge in [0, 0.05) is 5.56 Å². The largest absolute Gasteiger partial charge is 0.506 e. The fourth-order valence-corrected chi connectivity index (χ4v) is 3.23. The van der Waals surface area contributed by atoms with Crippen LogP contribution in [0.25, 0.3) is 0 Å². The van der Waals surface area contributed by atoms with Crippen molar-refractivity contribution in [1.29, 1.82) is 0 Å². The molecule has 5 nitrogen and oxygen atoms in total. The van der Waals surface area contributed by atoms with Crippen molar-refractivity contribution in [2.24, 2.45) is 4.99 Å². The van der Waals surface area contributed by atoms with E-state index in [4.69, 9.17) is 11.6 Å². The number of alkyl halides is 3. The van der Waals surface area contributed by atoms with E-state index >= 15 is 0 Å². The van der Waals surface area contributed by atoms with Crippen molar-refractivity contribution >= 4 is 34.2 Å². The van der Waals surface area contributed by atoms with Gasteiger partial charge in [-0.3, -0.25) is 4.79 Å². The first kappa shape index (κ1) is 19.9. The number of rotatable bonds is 3. The first-order valence-electron chi connectivity index (χ1n) is 7.92. The van der Waals surface area contributed by atoms with Crippen molar-refractivity contribution in [3.63, 3.8) is 0 Å². The molecule has 28 heavy (non-hydrogen) atoms. The molecule has 0 aromatic heterocycles. The third-order valence-corrected chi connectivity index (χ3v) is 4.51. The van der Waals surface area contributed by atoms with Gasteiger partial charge in [0.05, 0.1) is 30.8 Å². The summed E-state index contributed by atoms with van der Waals surface area (Å²) >= 11 is 6.14. The van der Waals surface area contributed by atoms with Crippen LogP contribution >= 0.6 is 11.6 Å². The minimum absolute atomic E-state index is 0.135. The number of halogens is 5. The monoisotopic (exact) mass is 416 g/mol. The van der Waals surface area contributed by atoms with Crippen LogP contribution in [0.3, 0.4) is 0 Å². The topological polar surface area (TPSA) is 62.1 Å². The zero-order valence-electron chi connectivity index (χ0n) is 14.3. The molecule has 1 atom stereocenters. The third kappa shape index (κ3) is 3.62. The maximum absolute atomic E-state index is 14.2. The molecule has 3 rings (SSSR count). The highest BCUT2D eigenvalue weighted by Gasteiger charge is 2.37. The number of hydrogen-bond donors (Lipinski definition) is 1. The van der Waals surface area contributed by atoms with E-state index in [2.05, 4.69) is 9.73 Å². The summed E-state index contributed by atoms with van der Waals surface area (Å²) in [7, 11) is 1.14. The second-order valence-corrected chi connectivity index (χ2v) is 6.26. The SMILES string of the molecule is COC(=O)CC1c2cccc(F)c2N=C(Cl)N1c1cc(C(F)(F)F)ccc1O. The van der Waals surface area contributed by atoms with Crippen molar-refractivity contribution in [2.75, 3.05) is 12.0 Å². The highest BCUT2D eigenvalue weighted by atomic mass is 35.5. The van der Waals surface area contributed by atoms with Crippen molar-refractivity contribution in [2.45, 2.75) is 18.6 Å². The highest BCUT2D eigenvalue weighted by molar-refractivity contribution is 6.68. The van der Waals surface area contributed by atoms with E-state index in [0.29, 0.717) is 12.1 Å². The second kappa shape index (κ2) is 7.31. The average Bonchev–Trinajstić information content (AvgIpc) is 2.62. The first-order valence-corrected chi connectivity index (χ1v) is 8.30. The number of para-hydroxylation sites is 1. The number of aromatic hydroxyl groups is 1. The number of hydrogen-bond acceptors (Lipinski definition) is 5. The molecule has 0 saturated heterocycles. The van der Waals surface area contributed by atoms with E-state index in [1.165, 1.54) is 12.1 Å². The maximum atomic E-state index is 14.2. The molecule has 0 fully saturated rings. The van der Waals surface area contributed by atoms with Gasteiger partial charge in [-0.05, 0) is 35.9 Å². The molecule has 2 aromatic rings. The number of carbonyl (C=O) groups excluding carboxylic acids is 1. The van der Waals surface area contributed by atoms with Gasteiger partial charge in [0.25, 0.3) is 0 Å². The Hall–Kier alpha value is -2.81. The number of esters is 1. The fraction of sp³-hybridized carbons (Fsp3) is 0.222. The van der Waals surface area contributed by atoms with Crippen LogP contribution in [-0.4, -0.2) is 23.5 Å². The van der Waals surface area contributed by atoms with E-state index in [1.807, 2.05) is 0 Å². The summed E-state index contributed by atoms with van der Waals surface area (Å²) in [5.41, 5.74) is -1.28. The van der Waals surface area contributed by atoms with E-state index < -0.39 is 40.6 Å². The van der Waals surface area contributed by atoms with Crippen molar-refractivity contribution in [1.82, 2.24) is 0 Å². The van der Waals surface area contributed by atoms with Crippen LogP contribution in [0.15, 0.2) is 41.4 Å². The van der Waals surface area contributed by atoms with Crippen LogP contribution in [0.5, 0.6) is 5.75 Å². The van der Waals surface area contributed by atoms with Crippen LogP contribution < -0.4 is 4.90 Å². The molecule has 0 radical (unpaired) electrons. The van der Waals surface area contributed by atoms with E-state index in [9.17, 15) is 27.5 Å². The summed E-state index contributed by atoms with van der Waals surface area (Å²) in [5, 5.41) is 9.77. The van der Waals surface area contributed by atoms with E-state index in [1.54, 1.807) is 0 Å². The number of benzene rings is 2. The fourth-order valence-electron chi connectivity index (χ4n) is 2.94. The van der Waals surface area contributed by atoms with Gasteiger partial charge < -0.3 is 14.7 Å². The molecule has 0 aliphatic carbocycles. The van der Waals surface area contributed by atoms with Crippen molar-refractivity contribution in [3.05, 3.63) is 53.3 Å². The molecule has 0 bridgehead atoms. The summed E-state index contributed by atoms with van der Waals surface area (Å²) in [4.78, 5) is 16.9. The smallest absolute Gasteiger partial charge is 0.416 e. The Morgan fingerprint density at radius 2 is 2.04 bits per heavy atom. The van der Waals surface area contributed by atoms with Gasteiger partial charge in [-0.25, -0.2) is 9.38 Å². The maximum Gasteiger partial charge on any atom is 0.416 e. The Morgan fingerprint density at radius 1 is 1.32 bits per heavy atom. The quantitative estimate of drug-likeness (QED) is 0.439. The number of fused-ring (bicyclic) bond motifs is 1. The average molecular weight is 417 g/mol. The van der Waals surface area contributed by atoms with Crippen molar-refractivity contribution in [3.8, 4) is 5.75 Å². The Labute approximate surface area is 161 Å². The lowest BCUT2D eigenvalue weighted by Crippen LogP contribution is -2.36. The van der Waals surface area contributed by atoms with Gasteiger partial charge in [-0.2, -0.15) is 13.2 Å². The number of ether oxygens (including phenoxy) is 1. The summed E-state index contributed by atoms with van der Waals surface area (Å²) in [6, 6.07) is 5.18. The number of anilines is 1. The lowest BCUT2D eigenvalue weighted by Gasteiger charge is -2.36. The number of carbonyl (C=O) groups is 1. The van der Waals surface area contributed by atoms with Crippen LogP contribution in [0.1, 0.15) is 23.6 Å². The van der Waals surface area contributed by atoms with Crippen molar-refractivity contribution < 1.29 is 32.2 Å². The van der Waals surface area contributed by atoms with Gasteiger partial charge in [0.1, 0.15) is 17.3 Å². The first-order chi connectivity index (χ1) is 13.1. The number of amidine groups is 1. The van der Waals surface area contributed by atoms with Gasteiger partial charge in [-0.15, -0.1) is 0 Å². The molecule has 0 saturated carbocycles. The lowest BCUT2D eigenvalue weighted by atomic mass is 9.97. The minimum Gasteiger partial charge on any atom is -0.506 e. The third-order valence-electron chi connectivity index (χ3n) is 4.24. The number of methoxy groups -OCH3 is 1. The Balaban J connectivity index is 2.20. The summed E-state index contributed by atoms with van der Waals surface area (Å²) < 4.78 is 58.2. The van der Waals surface area contributed by atoms with Gasteiger partial charge >= 0.3 is 12.1 Å². The number of aliphatic imine (C=N–C) groups is 1. The zero-order chi connectivity index (χ0) is 20.6. The van der Waals surface area contributed by atoms with Crippen LogP contribution in [0.4, 0.5) is 28.9 Å². The van der Waals surface area contributed by atoms with E-state index in [-0.39, 0.29) is 23.4 Å². The Kier molecular flexibility index (Phi) is 5.20. The summed E-state index contributed by atoms with van der Waals surface area (Å²) in [6.07, 6.45) is -5.04. The molecule has 1 heterocycles. The molecular weight excluding hydrogens is 404 g/mol. The predicted octanol–water partition coefficient (Wildman–Crippen LogP) is 4.90. The Morgan fingerprint density at radius 3 is 2.68 bits per heavy atom. The summed E-state index contributed by atoms with van der Waals surface area (Å²) in [5.74, 6) is -1.93. The molecule has 0 amide bonds. The second-order valence-electron chi connectivity index (χ2n) is 5.93. The molecule has 1 unspecified atom stereocenters. The van der Waals surface area contributed by atoms with E-state index in [0.717, 1.165) is 24.1 Å². The normalized spacial score (nSPS) is 16.4. The van der Waals surface area contributed by atoms with Crippen LogP contribution in [-0.2, 0) is 15.7 Å². The van der Waals surface area contributed by atoms with Crippen LogP contribution in [0, 0.1) is 5.82 Å². The summed E-state index contributed by atoms with van der Waals surface area (Å²) in [6.45, 7) is 0.